The summed E-state index contributed by atoms with van der Waals surface area (Å²) in [5, 5.41) is 0. The number of pyridine rings is 1. The second kappa shape index (κ2) is 7.41. The van der Waals surface area contributed by atoms with Crippen molar-refractivity contribution >= 4 is 0 Å². The zero-order valence-electron chi connectivity index (χ0n) is 9.95. The van der Waals surface area contributed by atoms with Gasteiger partial charge >= 0.3 is 0 Å². The third-order valence-electron chi connectivity index (χ3n) is 2.65. The van der Waals surface area contributed by atoms with E-state index >= 15 is 0 Å². The van der Waals surface area contributed by atoms with Crippen molar-refractivity contribution in [2.24, 2.45) is 0 Å². The Labute approximate surface area is 93.3 Å². The minimum atomic E-state index is 1.17. The molecule has 0 aliphatic carbocycles. The molecule has 0 bridgehead atoms. The summed E-state index contributed by atoms with van der Waals surface area (Å²) in [6, 6.07) is 4.21. The van der Waals surface area contributed by atoms with Crippen molar-refractivity contribution < 1.29 is 0 Å². The summed E-state index contributed by atoms with van der Waals surface area (Å²) in [4.78, 5) is 6.44. The molecule has 0 amide bonds. The zero-order chi connectivity index (χ0) is 10.9. The van der Waals surface area contributed by atoms with Crippen LogP contribution in [-0.4, -0.2) is 30.0 Å². The first kappa shape index (κ1) is 12.2. The number of unbranched alkanes of at least 4 members (excludes halogenated alkanes) is 1. The molecule has 0 atom stereocenters. The molecule has 0 radical (unpaired) electrons. The average molecular weight is 206 g/mol. The van der Waals surface area contributed by atoms with Gasteiger partial charge in [0.25, 0.3) is 0 Å². The number of aryl methyl sites for hydroxylation is 1. The zero-order valence-corrected chi connectivity index (χ0v) is 9.95. The lowest BCUT2D eigenvalue weighted by molar-refractivity contribution is 0.323. The molecule has 0 aliphatic rings. The summed E-state index contributed by atoms with van der Waals surface area (Å²) in [6.07, 6.45) is 8.75. The van der Waals surface area contributed by atoms with Crippen molar-refractivity contribution in [3.05, 3.63) is 30.1 Å². The lowest BCUT2D eigenvalue weighted by atomic mass is 10.1. The predicted molar refractivity (Wildman–Crippen MR) is 65.0 cm³/mol. The Bertz CT molecular complexity index is 246. The van der Waals surface area contributed by atoms with E-state index in [1.165, 1.54) is 44.3 Å². The van der Waals surface area contributed by atoms with Gasteiger partial charge in [0.2, 0.25) is 0 Å². The van der Waals surface area contributed by atoms with E-state index in [0.29, 0.717) is 0 Å². The number of hydrogen-bond acceptors (Lipinski definition) is 2. The van der Waals surface area contributed by atoms with Gasteiger partial charge in [0.1, 0.15) is 0 Å². The summed E-state index contributed by atoms with van der Waals surface area (Å²) in [6.45, 7) is 4.67. The normalized spacial score (nSPS) is 10.9. The van der Waals surface area contributed by atoms with Crippen LogP contribution in [0.15, 0.2) is 24.5 Å². The molecule has 0 aromatic carbocycles. The van der Waals surface area contributed by atoms with E-state index in [-0.39, 0.29) is 0 Å². The molecule has 2 heteroatoms. The molecule has 2 nitrogen and oxygen atoms in total. The van der Waals surface area contributed by atoms with Gasteiger partial charge in [-0.05, 0) is 57.1 Å². The van der Waals surface area contributed by atoms with Crippen LogP contribution in [0.3, 0.4) is 0 Å². The Hall–Kier alpha value is -0.890. The van der Waals surface area contributed by atoms with E-state index in [9.17, 15) is 0 Å². The molecule has 0 unspecified atom stereocenters. The minimum Gasteiger partial charge on any atom is -0.306 e. The molecule has 0 aliphatic heterocycles. The maximum atomic E-state index is 4.02. The third kappa shape index (κ3) is 5.53. The van der Waals surface area contributed by atoms with Gasteiger partial charge in [-0.15, -0.1) is 0 Å². The van der Waals surface area contributed by atoms with Crippen molar-refractivity contribution in [2.45, 2.75) is 32.6 Å². The van der Waals surface area contributed by atoms with Crippen LogP contribution in [0.25, 0.3) is 0 Å². The minimum absolute atomic E-state index is 1.17. The van der Waals surface area contributed by atoms with E-state index in [1.807, 2.05) is 12.4 Å². The standard InChI is InChI=1S/C13H22N2/c1-3-4-11-15(2)12-5-6-13-7-9-14-10-8-13/h7-10H,3-6,11-12H2,1-2H3. The van der Waals surface area contributed by atoms with E-state index in [1.54, 1.807) is 0 Å². The highest BCUT2D eigenvalue weighted by atomic mass is 15.1. The Morgan fingerprint density at radius 1 is 1.13 bits per heavy atom. The molecular weight excluding hydrogens is 184 g/mol. The Kier molecular flexibility index (Phi) is 6.02. The number of nitrogens with zero attached hydrogens (tertiary/aromatic N) is 2. The second-order valence-corrected chi connectivity index (χ2v) is 4.12. The smallest absolute Gasteiger partial charge is 0.0270 e. The molecule has 0 spiro atoms. The van der Waals surface area contributed by atoms with E-state index in [4.69, 9.17) is 0 Å². The monoisotopic (exact) mass is 206 g/mol. The van der Waals surface area contributed by atoms with Crippen LogP contribution >= 0.6 is 0 Å². The van der Waals surface area contributed by atoms with Crippen molar-refractivity contribution in [3.63, 3.8) is 0 Å². The van der Waals surface area contributed by atoms with Crippen LogP contribution in [-0.2, 0) is 6.42 Å². The van der Waals surface area contributed by atoms with E-state index in [2.05, 4.69) is 36.0 Å². The topological polar surface area (TPSA) is 16.1 Å². The molecule has 1 heterocycles. The van der Waals surface area contributed by atoms with Gasteiger partial charge in [-0.25, -0.2) is 0 Å². The fourth-order valence-corrected chi connectivity index (χ4v) is 1.64. The first-order valence-electron chi connectivity index (χ1n) is 5.90. The van der Waals surface area contributed by atoms with Crippen LogP contribution in [0.4, 0.5) is 0 Å². The van der Waals surface area contributed by atoms with Crippen LogP contribution in [0, 0.1) is 0 Å². The Morgan fingerprint density at radius 3 is 2.47 bits per heavy atom. The highest BCUT2D eigenvalue weighted by Gasteiger charge is 1.97. The molecule has 1 aromatic heterocycles. The maximum Gasteiger partial charge on any atom is 0.0270 e. The highest BCUT2D eigenvalue weighted by Crippen LogP contribution is 2.02. The summed E-state index contributed by atoms with van der Waals surface area (Å²) in [5.41, 5.74) is 1.40. The molecule has 0 saturated carbocycles. The van der Waals surface area contributed by atoms with Crippen molar-refractivity contribution in [1.29, 1.82) is 0 Å². The van der Waals surface area contributed by atoms with Crippen LogP contribution in [0.1, 0.15) is 31.7 Å². The van der Waals surface area contributed by atoms with Crippen LogP contribution in [0.2, 0.25) is 0 Å². The molecular formula is C13H22N2. The molecule has 84 valence electrons. The fraction of sp³-hybridized carbons (Fsp3) is 0.615. The molecule has 1 rings (SSSR count). The summed E-state index contributed by atoms with van der Waals surface area (Å²) in [5.74, 6) is 0. The van der Waals surface area contributed by atoms with Gasteiger partial charge < -0.3 is 4.90 Å². The van der Waals surface area contributed by atoms with Gasteiger partial charge in [-0.2, -0.15) is 0 Å². The number of rotatable bonds is 7. The van der Waals surface area contributed by atoms with Gasteiger partial charge in [-0.1, -0.05) is 13.3 Å². The molecule has 0 N–H and O–H groups in total. The fourth-order valence-electron chi connectivity index (χ4n) is 1.64. The third-order valence-corrected chi connectivity index (χ3v) is 2.65. The lowest BCUT2D eigenvalue weighted by Crippen LogP contribution is -2.21. The van der Waals surface area contributed by atoms with Gasteiger partial charge in [0.05, 0.1) is 0 Å². The van der Waals surface area contributed by atoms with Crippen molar-refractivity contribution in [2.75, 3.05) is 20.1 Å². The number of hydrogen-bond donors (Lipinski definition) is 0. The first-order valence-corrected chi connectivity index (χ1v) is 5.90. The van der Waals surface area contributed by atoms with Crippen LogP contribution < -0.4 is 0 Å². The Balaban J connectivity index is 2.11. The molecule has 0 saturated heterocycles. The largest absolute Gasteiger partial charge is 0.306 e. The summed E-state index contributed by atoms with van der Waals surface area (Å²) >= 11 is 0. The summed E-state index contributed by atoms with van der Waals surface area (Å²) in [7, 11) is 2.21. The molecule has 0 fully saturated rings. The molecule has 15 heavy (non-hydrogen) atoms. The number of aromatic nitrogens is 1. The van der Waals surface area contributed by atoms with Gasteiger partial charge in [-0.3, -0.25) is 4.98 Å². The lowest BCUT2D eigenvalue weighted by Gasteiger charge is -2.15. The quantitative estimate of drug-likeness (QED) is 0.682. The van der Waals surface area contributed by atoms with Crippen molar-refractivity contribution in [1.82, 2.24) is 9.88 Å². The van der Waals surface area contributed by atoms with Gasteiger partial charge in [0, 0.05) is 12.4 Å². The second-order valence-electron chi connectivity index (χ2n) is 4.12. The Morgan fingerprint density at radius 2 is 1.80 bits per heavy atom. The molecule has 1 aromatic rings. The summed E-state index contributed by atoms with van der Waals surface area (Å²) < 4.78 is 0. The maximum absolute atomic E-state index is 4.02. The van der Waals surface area contributed by atoms with E-state index in [0.717, 1.165) is 0 Å². The predicted octanol–water partition coefficient (Wildman–Crippen LogP) is 2.75. The van der Waals surface area contributed by atoms with Crippen LogP contribution in [0.5, 0.6) is 0 Å². The van der Waals surface area contributed by atoms with Crippen molar-refractivity contribution in [3.8, 4) is 0 Å². The SMILES string of the molecule is CCCCN(C)CCCc1ccncc1. The highest BCUT2D eigenvalue weighted by molar-refractivity contribution is 5.09. The van der Waals surface area contributed by atoms with E-state index < -0.39 is 0 Å². The average Bonchev–Trinajstić information content (AvgIpc) is 2.28. The first-order chi connectivity index (χ1) is 7.33. The van der Waals surface area contributed by atoms with Gasteiger partial charge in [0.15, 0.2) is 0 Å².